The highest BCUT2D eigenvalue weighted by atomic mass is 19.4. The lowest BCUT2D eigenvalue weighted by atomic mass is 9.90. The van der Waals surface area contributed by atoms with E-state index in [4.69, 9.17) is 0 Å². The fraction of sp³-hybridized carbons (Fsp3) is 0.192. The van der Waals surface area contributed by atoms with E-state index < -0.39 is 35.4 Å². The normalized spacial score (nSPS) is 14.1. The first-order valence-corrected chi connectivity index (χ1v) is 11.1. The maximum atomic E-state index is 13.1. The van der Waals surface area contributed by atoms with Crippen molar-refractivity contribution in [2.24, 2.45) is 0 Å². The Hall–Kier alpha value is -4.15. The number of aromatic amines is 1. The van der Waals surface area contributed by atoms with Gasteiger partial charge < -0.3 is 9.88 Å². The number of carbonyl (C=O) groups is 2. The van der Waals surface area contributed by atoms with Gasteiger partial charge in [0.1, 0.15) is 0 Å². The van der Waals surface area contributed by atoms with E-state index in [0.717, 1.165) is 24.3 Å². The molecule has 5 nitrogen and oxygen atoms in total. The molecule has 2 heterocycles. The molecule has 0 fully saturated rings. The molecule has 1 aliphatic heterocycles. The predicted octanol–water partition coefficient (Wildman–Crippen LogP) is 6.03. The summed E-state index contributed by atoms with van der Waals surface area (Å²) in [6, 6.07) is 13.1. The number of alkyl halides is 6. The summed E-state index contributed by atoms with van der Waals surface area (Å²) in [5.41, 5.74) is 1.38. The molecule has 190 valence electrons. The summed E-state index contributed by atoms with van der Waals surface area (Å²) in [5, 5.41) is 0. The molecule has 1 amide bonds. The molecule has 1 aromatic heterocycles. The van der Waals surface area contributed by atoms with E-state index in [-0.39, 0.29) is 35.2 Å². The first-order chi connectivity index (χ1) is 17.4. The fourth-order valence-corrected chi connectivity index (χ4v) is 4.42. The van der Waals surface area contributed by atoms with E-state index in [1.165, 1.54) is 23.1 Å². The Morgan fingerprint density at radius 2 is 1.57 bits per heavy atom. The van der Waals surface area contributed by atoms with Crippen LogP contribution in [0.15, 0.2) is 60.7 Å². The summed E-state index contributed by atoms with van der Waals surface area (Å²) in [6.45, 7) is 0.412. The Morgan fingerprint density at radius 3 is 2.24 bits per heavy atom. The molecule has 3 aromatic carbocycles. The van der Waals surface area contributed by atoms with E-state index in [9.17, 15) is 35.9 Å². The van der Waals surface area contributed by atoms with Crippen molar-refractivity contribution in [2.75, 3.05) is 6.54 Å². The molecular formula is C26H17F6N3O2. The summed E-state index contributed by atoms with van der Waals surface area (Å²) in [4.78, 5) is 33.4. The lowest BCUT2D eigenvalue weighted by molar-refractivity contribution is -0.144. The van der Waals surface area contributed by atoms with Gasteiger partial charge in [-0.3, -0.25) is 9.59 Å². The lowest BCUT2D eigenvalue weighted by Crippen LogP contribution is -2.36. The molecular weight excluding hydrogens is 500 g/mol. The van der Waals surface area contributed by atoms with E-state index in [1.807, 2.05) is 0 Å². The number of aromatic nitrogens is 2. The number of amides is 1. The zero-order valence-electron chi connectivity index (χ0n) is 18.9. The smallest absolute Gasteiger partial charge is 0.334 e. The number of nitrogens with one attached hydrogen (secondary N) is 1. The van der Waals surface area contributed by atoms with Crippen molar-refractivity contribution < 1.29 is 35.9 Å². The van der Waals surface area contributed by atoms with Crippen molar-refractivity contribution in [3.8, 4) is 0 Å². The molecule has 0 spiro atoms. The third-order valence-electron chi connectivity index (χ3n) is 6.27. The van der Waals surface area contributed by atoms with Crippen LogP contribution >= 0.6 is 0 Å². The lowest BCUT2D eigenvalue weighted by Gasteiger charge is -2.30. The molecule has 0 saturated heterocycles. The summed E-state index contributed by atoms with van der Waals surface area (Å²) in [7, 11) is 0. The molecule has 0 aliphatic carbocycles. The second-order valence-electron chi connectivity index (χ2n) is 8.64. The number of carbonyl (C=O) groups excluding carboxylic acids is 2. The highest BCUT2D eigenvalue weighted by Crippen LogP contribution is 2.31. The standard InChI is InChI=1S/C26H17F6N3O2/c27-25(28,29)17-7-4-14(5-8-17)22(36)19-3-1-2-16-13-35(11-10-18(16)19)23(37)15-6-9-20-21(12-15)34-24(33-20)26(30,31)32/h1-9,12H,10-11,13H2,(H,33,34). The van der Waals surface area contributed by atoms with Gasteiger partial charge in [-0.05, 0) is 47.9 Å². The number of nitrogens with zero attached hydrogens (tertiary/aromatic N) is 2. The van der Waals surface area contributed by atoms with Gasteiger partial charge >= 0.3 is 12.4 Å². The zero-order chi connectivity index (χ0) is 26.5. The van der Waals surface area contributed by atoms with E-state index in [1.54, 1.807) is 18.2 Å². The molecule has 1 aliphatic rings. The molecule has 37 heavy (non-hydrogen) atoms. The summed E-state index contributed by atoms with van der Waals surface area (Å²) in [6.07, 6.45) is -8.82. The van der Waals surface area contributed by atoms with Gasteiger partial charge in [0, 0.05) is 29.8 Å². The average Bonchev–Trinajstić information content (AvgIpc) is 3.31. The minimum atomic E-state index is -4.64. The van der Waals surface area contributed by atoms with Gasteiger partial charge in [-0.1, -0.05) is 30.3 Å². The van der Waals surface area contributed by atoms with Crippen molar-refractivity contribution in [3.05, 3.63) is 99.9 Å². The summed E-state index contributed by atoms with van der Waals surface area (Å²) < 4.78 is 77.4. The number of imidazole rings is 1. The molecule has 5 rings (SSSR count). The number of hydrogen-bond donors (Lipinski definition) is 1. The highest BCUT2D eigenvalue weighted by Gasteiger charge is 2.35. The Balaban J connectivity index is 1.37. The van der Waals surface area contributed by atoms with Crippen molar-refractivity contribution in [2.45, 2.75) is 25.3 Å². The van der Waals surface area contributed by atoms with Crippen LogP contribution in [0.4, 0.5) is 26.3 Å². The molecule has 4 aromatic rings. The minimum absolute atomic E-state index is 0.0827. The number of fused-ring (bicyclic) bond motifs is 2. The van der Waals surface area contributed by atoms with E-state index in [0.29, 0.717) is 23.1 Å². The number of benzene rings is 3. The average molecular weight is 517 g/mol. The SMILES string of the molecule is O=C(c1ccc(C(F)(F)F)cc1)c1cccc2c1CCN(C(=O)c1ccc3nc(C(F)(F)F)[nH]c3c1)C2. The van der Waals surface area contributed by atoms with Gasteiger partial charge in [0.15, 0.2) is 5.78 Å². The van der Waals surface area contributed by atoms with Crippen molar-refractivity contribution >= 4 is 22.7 Å². The quantitative estimate of drug-likeness (QED) is 0.267. The minimum Gasteiger partial charge on any atom is -0.334 e. The molecule has 11 heteroatoms. The van der Waals surface area contributed by atoms with Gasteiger partial charge in [0.05, 0.1) is 16.6 Å². The van der Waals surface area contributed by atoms with Crippen LogP contribution in [-0.2, 0) is 25.3 Å². The maximum absolute atomic E-state index is 13.1. The summed E-state index contributed by atoms with van der Waals surface area (Å²) in [5.74, 6) is -1.96. The Bertz CT molecular complexity index is 1520. The largest absolute Gasteiger partial charge is 0.449 e. The Kier molecular flexibility index (Phi) is 5.81. The van der Waals surface area contributed by atoms with E-state index >= 15 is 0 Å². The summed E-state index contributed by atoms with van der Waals surface area (Å²) >= 11 is 0. The number of rotatable bonds is 3. The van der Waals surface area contributed by atoms with Crippen molar-refractivity contribution in [3.63, 3.8) is 0 Å². The maximum Gasteiger partial charge on any atom is 0.449 e. The Labute approximate surface area is 205 Å². The van der Waals surface area contributed by atoms with Gasteiger partial charge in [-0.15, -0.1) is 0 Å². The number of ketones is 1. The monoisotopic (exact) mass is 517 g/mol. The number of hydrogen-bond acceptors (Lipinski definition) is 3. The van der Waals surface area contributed by atoms with Crippen molar-refractivity contribution in [1.29, 1.82) is 0 Å². The van der Waals surface area contributed by atoms with Crippen molar-refractivity contribution in [1.82, 2.24) is 14.9 Å². The van der Waals surface area contributed by atoms with Crippen LogP contribution < -0.4 is 0 Å². The predicted molar refractivity (Wildman–Crippen MR) is 121 cm³/mol. The van der Waals surface area contributed by atoms with E-state index in [2.05, 4.69) is 9.97 Å². The Morgan fingerprint density at radius 1 is 0.865 bits per heavy atom. The number of H-pyrrole nitrogens is 1. The van der Waals surface area contributed by atoms with Crippen LogP contribution in [0, 0.1) is 0 Å². The second kappa shape index (κ2) is 8.75. The van der Waals surface area contributed by atoms with Crippen LogP contribution in [0.1, 0.15) is 48.8 Å². The first-order valence-electron chi connectivity index (χ1n) is 11.1. The topological polar surface area (TPSA) is 66.1 Å². The molecule has 0 bridgehead atoms. The third-order valence-corrected chi connectivity index (χ3v) is 6.27. The van der Waals surface area contributed by atoms with Gasteiger partial charge in [-0.2, -0.15) is 26.3 Å². The molecule has 0 saturated carbocycles. The van der Waals surface area contributed by atoms with Crippen LogP contribution in [0.25, 0.3) is 11.0 Å². The van der Waals surface area contributed by atoms with Gasteiger partial charge in [0.25, 0.3) is 5.91 Å². The van der Waals surface area contributed by atoms with Gasteiger partial charge in [-0.25, -0.2) is 4.98 Å². The third kappa shape index (κ3) is 4.68. The van der Waals surface area contributed by atoms with Crippen LogP contribution in [0.5, 0.6) is 0 Å². The zero-order valence-corrected chi connectivity index (χ0v) is 18.9. The van der Waals surface area contributed by atoms with Crippen LogP contribution in [0.3, 0.4) is 0 Å². The highest BCUT2D eigenvalue weighted by molar-refractivity contribution is 6.10. The molecule has 0 unspecified atom stereocenters. The van der Waals surface area contributed by atoms with Crippen LogP contribution in [-0.4, -0.2) is 33.1 Å². The fourth-order valence-electron chi connectivity index (χ4n) is 4.42. The van der Waals surface area contributed by atoms with Gasteiger partial charge in [0.2, 0.25) is 5.82 Å². The number of halogens is 6. The first kappa shape index (κ1) is 24.5. The molecule has 1 N–H and O–H groups in total. The molecule has 0 radical (unpaired) electrons. The second-order valence-corrected chi connectivity index (χ2v) is 8.64. The van der Waals surface area contributed by atoms with Crippen LogP contribution in [0.2, 0.25) is 0 Å². The molecule has 0 atom stereocenters.